The molecule has 3 aromatic rings. The molecule has 0 aliphatic rings. The summed E-state index contributed by atoms with van der Waals surface area (Å²) >= 11 is 0. The Morgan fingerprint density at radius 2 is 1.78 bits per heavy atom. The normalized spacial score (nSPS) is 11.7. The van der Waals surface area contributed by atoms with Crippen molar-refractivity contribution >= 4 is 17.5 Å². The topological polar surface area (TPSA) is 84.2 Å². The number of aryl methyl sites for hydroxylation is 2. The average Bonchev–Trinajstić information content (AvgIpc) is 3.08. The Morgan fingerprint density at radius 1 is 1.04 bits per heavy atom. The van der Waals surface area contributed by atoms with Crippen molar-refractivity contribution in [3.8, 4) is 0 Å². The van der Waals surface area contributed by atoms with Gasteiger partial charge in [0.15, 0.2) is 0 Å². The highest BCUT2D eigenvalue weighted by atomic mass is 16.3. The summed E-state index contributed by atoms with van der Waals surface area (Å²) in [4.78, 5) is 29.0. The molecule has 6 heteroatoms. The molecule has 2 N–H and O–H groups in total. The van der Waals surface area contributed by atoms with Gasteiger partial charge in [0.05, 0.1) is 23.6 Å². The van der Waals surface area contributed by atoms with Gasteiger partial charge < -0.3 is 15.1 Å². The van der Waals surface area contributed by atoms with Gasteiger partial charge in [-0.2, -0.15) is 0 Å². The maximum absolute atomic E-state index is 12.5. The van der Waals surface area contributed by atoms with Gasteiger partial charge in [0.2, 0.25) is 0 Å². The standard InChI is InChI=1S/C21H21N3O3/c1-13-5-4-11-22-19(13)14(2)23-20(25)16-6-8-17(9-7-16)24-21(26)18-10-12-27-15(18)3/h4-12,14H,1-3H3,(H,23,25)(H,24,26)/t14-/m0/s1. The van der Waals surface area contributed by atoms with Gasteiger partial charge in [0.25, 0.3) is 11.8 Å². The van der Waals surface area contributed by atoms with Crippen LogP contribution in [-0.4, -0.2) is 16.8 Å². The van der Waals surface area contributed by atoms with Crippen LogP contribution in [0.2, 0.25) is 0 Å². The maximum atomic E-state index is 12.5. The number of benzene rings is 1. The molecule has 3 rings (SSSR count). The number of nitrogens with zero attached hydrogens (tertiary/aromatic N) is 1. The van der Waals surface area contributed by atoms with Crippen LogP contribution in [0, 0.1) is 13.8 Å². The number of carbonyl (C=O) groups is 2. The van der Waals surface area contributed by atoms with Gasteiger partial charge >= 0.3 is 0 Å². The van der Waals surface area contributed by atoms with Crippen molar-refractivity contribution in [2.75, 3.05) is 5.32 Å². The van der Waals surface area contributed by atoms with E-state index in [0.717, 1.165) is 11.3 Å². The fraction of sp³-hybridized carbons (Fsp3) is 0.190. The molecule has 1 aromatic carbocycles. The van der Waals surface area contributed by atoms with Crippen LogP contribution >= 0.6 is 0 Å². The number of furan rings is 1. The molecule has 0 unspecified atom stereocenters. The van der Waals surface area contributed by atoms with Crippen LogP contribution in [0.25, 0.3) is 0 Å². The lowest BCUT2D eigenvalue weighted by Crippen LogP contribution is -2.27. The molecule has 2 amide bonds. The van der Waals surface area contributed by atoms with Crippen molar-refractivity contribution in [1.82, 2.24) is 10.3 Å². The molecule has 0 aliphatic heterocycles. The highest BCUT2D eigenvalue weighted by Gasteiger charge is 2.15. The molecule has 0 bridgehead atoms. The highest BCUT2D eigenvalue weighted by Crippen LogP contribution is 2.17. The first-order valence-corrected chi connectivity index (χ1v) is 8.63. The Bertz CT molecular complexity index is 961. The van der Waals surface area contributed by atoms with E-state index in [-0.39, 0.29) is 17.9 Å². The number of nitrogens with one attached hydrogen (secondary N) is 2. The van der Waals surface area contributed by atoms with Crippen molar-refractivity contribution in [3.05, 3.63) is 83.1 Å². The minimum Gasteiger partial charge on any atom is -0.469 e. The van der Waals surface area contributed by atoms with Crippen molar-refractivity contribution in [3.63, 3.8) is 0 Å². The van der Waals surface area contributed by atoms with E-state index in [2.05, 4.69) is 15.6 Å². The summed E-state index contributed by atoms with van der Waals surface area (Å²) in [5.41, 5.74) is 3.46. The van der Waals surface area contributed by atoms with Crippen LogP contribution in [0.5, 0.6) is 0 Å². The van der Waals surface area contributed by atoms with Crippen molar-refractivity contribution in [2.45, 2.75) is 26.8 Å². The van der Waals surface area contributed by atoms with E-state index in [1.165, 1.54) is 6.26 Å². The van der Waals surface area contributed by atoms with Gasteiger partial charge in [-0.3, -0.25) is 14.6 Å². The Labute approximate surface area is 157 Å². The summed E-state index contributed by atoms with van der Waals surface area (Å²) in [6.45, 7) is 5.59. The van der Waals surface area contributed by atoms with Crippen LogP contribution in [0.4, 0.5) is 5.69 Å². The number of rotatable bonds is 5. The molecule has 6 nitrogen and oxygen atoms in total. The second-order valence-electron chi connectivity index (χ2n) is 6.32. The molecule has 138 valence electrons. The third-order valence-electron chi connectivity index (χ3n) is 4.32. The van der Waals surface area contributed by atoms with Gasteiger partial charge in [-0.05, 0) is 62.7 Å². The van der Waals surface area contributed by atoms with Gasteiger partial charge in [0, 0.05) is 17.4 Å². The van der Waals surface area contributed by atoms with Crippen LogP contribution in [-0.2, 0) is 0 Å². The highest BCUT2D eigenvalue weighted by molar-refractivity contribution is 6.05. The largest absolute Gasteiger partial charge is 0.469 e. The summed E-state index contributed by atoms with van der Waals surface area (Å²) in [5, 5.41) is 5.73. The van der Waals surface area contributed by atoms with Gasteiger partial charge in [-0.25, -0.2) is 0 Å². The molecule has 2 heterocycles. The number of aromatic nitrogens is 1. The van der Waals surface area contributed by atoms with Crippen molar-refractivity contribution in [1.29, 1.82) is 0 Å². The summed E-state index contributed by atoms with van der Waals surface area (Å²) in [5.74, 6) is 0.108. The summed E-state index contributed by atoms with van der Waals surface area (Å²) in [6.07, 6.45) is 3.19. The quantitative estimate of drug-likeness (QED) is 0.717. The molecule has 0 radical (unpaired) electrons. The third-order valence-corrected chi connectivity index (χ3v) is 4.32. The second-order valence-corrected chi connectivity index (χ2v) is 6.32. The zero-order chi connectivity index (χ0) is 19.4. The zero-order valence-corrected chi connectivity index (χ0v) is 15.4. The van der Waals surface area contributed by atoms with Crippen LogP contribution in [0.1, 0.15) is 50.7 Å². The van der Waals surface area contributed by atoms with E-state index in [9.17, 15) is 9.59 Å². The average molecular weight is 363 g/mol. The van der Waals surface area contributed by atoms with Crippen LogP contribution in [0.15, 0.2) is 59.3 Å². The van der Waals surface area contributed by atoms with Gasteiger partial charge in [-0.1, -0.05) is 6.07 Å². The fourth-order valence-corrected chi connectivity index (χ4v) is 2.82. The maximum Gasteiger partial charge on any atom is 0.259 e. The lowest BCUT2D eigenvalue weighted by atomic mass is 10.1. The minimum atomic E-state index is -0.252. The number of hydrogen-bond acceptors (Lipinski definition) is 4. The van der Waals surface area contributed by atoms with Crippen LogP contribution in [0.3, 0.4) is 0 Å². The molecule has 0 saturated heterocycles. The molecule has 0 saturated carbocycles. The predicted octanol–water partition coefficient (Wildman–Crippen LogP) is 4.03. The monoisotopic (exact) mass is 363 g/mol. The Morgan fingerprint density at radius 3 is 2.41 bits per heavy atom. The molecular formula is C21H21N3O3. The summed E-state index contributed by atoms with van der Waals surface area (Å²) in [7, 11) is 0. The molecule has 0 spiro atoms. The smallest absolute Gasteiger partial charge is 0.259 e. The molecule has 0 fully saturated rings. The first-order chi connectivity index (χ1) is 13.0. The number of amides is 2. The zero-order valence-electron chi connectivity index (χ0n) is 15.4. The van der Waals surface area contributed by atoms with E-state index in [4.69, 9.17) is 4.42 Å². The number of anilines is 1. The van der Waals surface area contributed by atoms with Gasteiger partial charge in [0.1, 0.15) is 5.76 Å². The van der Waals surface area contributed by atoms with E-state index < -0.39 is 0 Å². The molecular weight excluding hydrogens is 342 g/mol. The van der Waals surface area contributed by atoms with E-state index >= 15 is 0 Å². The Balaban J connectivity index is 1.64. The molecule has 27 heavy (non-hydrogen) atoms. The van der Waals surface area contributed by atoms with Gasteiger partial charge in [-0.15, -0.1) is 0 Å². The van der Waals surface area contributed by atoms with Crippen molar-refractivity contribution in [2.24, 2.45) is 0 Å². The fourth-order valence-electron chi connectivity index (χ4n) is 2.82. The Kier molecular flexibility index (Phi) is 5.35. The third kappa shape index (κ3) is 4.23. The van der Waals surface area contributed by atoms with E-state index in [0.29, 0.717) is 22.6 Å². The Hall–Kier alpha value is -3.41. The number of hydrogen-bond donors (Lipinski definition) is 2. The second kappa shape index (κ2) is 7.86. The summed E-state index contributed by atoms with van der Waals surface area (Å²) in [6, 6.07) is 12.0. The predicted molar refractivity (Wildman–Crippen MR) is 103 cm³/mol. The SMILES string of the molecule is Cc1cccnc1[C@H](C)NC(=O)c1ccc(NC(=O)c2ccoc2C)cc1. The van der Waals surface area contributed by atoms with Crippen LogP contribution < -0.4 is 10.6 Å². The minimum absolute atomic E-state index is 0.198. The lowest BCUT2D eigenvalue weighted by molar-refractivity contribution is 0.0938. The first-order valence-electron chi connectivity index (χ1n) is 8.63. The molecule has 2 aromatic heterocycles. The van der Waals surface area contributed by atoms with Crippen molar-refractivity contribution < 1.29 is 14.0 Å². The lowest BCUT2D eigenvalue weighted by Gasteiger charge is -2.15. The van der Waals surface area contributed by atoms with E-state index in [1.54, 1.807) is 43.5 Å². The van der Waals surface area contributed by atoms with E-state index in [1.807, 2.05) is 26.0 Å². The number of pyridine rings is 1. The summed E-state index contributed by atoms with van der Waals surface area (Å²) < 4.78 is 5.14. The molecule has 1 atom stereocenters. The molecule has 0 aliphatic carbocycles. The first kappa shape index (κ1) is 18.4. The number of carbonyl (C=O) groups excluding carboxylic acids is 2.